The molecule has 0 saturated heterocycles. The lowest BCUT2D eigenvalue weighted by Crippen LogP contribution is -2.25. The molecule has 0 aliphatic heterocycles. The molecule has 3 unspecified atom stereocenters. The summed E-state index contributed by atoms with van der Waals surface area (Å²) in [5, 5.41) is 10.5. The minimum atomic E-state index is -0.946. The van der Waals surface area contributed by atoms with E-state index in [1.807, 2.05) is 30.0 Å². The number of aromatic carboxylic acids is 1. The van der Waals surface area contributed by atoms with Gasteiger partial charge in [-0.05, 0) is 36.3 Å². The molecule has 1 fully saturated rings. The highest BCUT2D eigenvalue weighted by molar-refractivity contribution is 7.99. The van der Waals surface area contributed by atoms with Crippen LogP contribution in [-0.4, -0.2) is 23.4 Å². The fraction of sp³-hybridized carbons (Fsp3) is 0.522. The number of furan rings is 1. The molecule has 0 bridgehead atoms. The normalized spacial score (nSPS) is 22.2. The third kappa shape index (κ3) is 4.57. The summed E-state index contributed by atoms with van der Waals surface area (Å²) in [7, 11) is 1.53. The van der Waals surface area contributed by atoms with Crippen molar-refractivity contribution in [1.82, 2.24) is 0 Å². The molecule has 0 radical (unpaired) electrons. The average molecular weight is 403 g/mol. The standard InChI is InChI=1S/C23H30O4S/c1-4-5-16-7-6-15(2)20(12-16)28-14-18-8-9-19(17-10-11-27-13-17)22(26-3)21(18)23(24)25/h8-11,13,15-16,20H,4-7,12,14H2,1-3H3,(H,24,25). The molecule has 1 aromatic heterocycles. The number of hydrogen-bond acceptors (Lipinski definition) is 4. The Hall–Kier alpha value is -1.88. The van der Waals surface area contributed by atoms with Crippen molar-refractivity contribution in [2.24, 2.45) is 11.8 Å². The predicted octanol–water partition coefficient (Wildman–Crippen LogP) is 6.49. The summed E-state index contributed by atoms with van der Waals surface area (Å²) in [5.74, 6) is 1.65. The van der Waals surface area contributed by atoms with Crippen LogP contribution in [0.3, 0.4) is 0 Å². The molecule has 2 aromatic rings. The lowest BCUT2D eigenvalue weighted by Gasteiger charge is -2.34. The van der Waals surface area contributed by atoms with Gasteiger partial charge in [0.25, 0.3) is 0 Å². The zero-order valence-electron chi connectivity index (χ0n) is 16.9. The number of carboxylic acids is 1. The van der Waals surface area contributed by atoms with Crippen LogP contribution in [-0.2, 0) is 5.75 Å². The van der Waals surface area contributed by atoms with E-state index in [4.69, 9.17) is 9.15 Å². The summed E-state index contributed by atoms with van der Waals surface area (Å²) in [6.07, 6.45) is 9.58. The fourth-order valence-corrected chi connectivity index (χ4v) is 5.81. The van der Waals surface area contributed by atoms with Crippen LogP contribution in [0.15, 0.2) is 35.1 Å². The summed E-state index contributed by atoms with van der Waals surface area (Å²) in [5.41, 5.74) is 2.66. The van der Waals surface area contributed by atoms with Gasteiger partial charge in [-0.3, -0.25) is 0 Å². The van der Waals surface area contributed by atoms with Crippen LogP contribution >= 0.6 is 11.8 Å². The van der Waals surface area contributed by atoms with Crippen molar-refractivity contribution in [2.45, 2.75) is 57.0 Å². The largest absolute Gasteiger partial charge is 0.495 e. The highest BCUT2D eigenvalue weighted by Gasteiger charge is 2.28. The Morgan fingerprint density at radius 3 is 2.79 bits per heavy atom. The molecule has 5 heteroatoms. The van der Waals surface area contributed by atoms with Crippen LogP contribution in [0.5, 0.6) is 5.75 Å². The molecule has 3 atom stereocenters. The van der Waals surface area contributed by atoms with E-state index in [-0.39, 0.29) is 5.56 Å². The topological polar surface area (TPSA) is 59.7 Å². The first-order valence-electron chi connectivity index (χ1n) is 10.1. The Balaban J connectivity index is 1.82. The van der Waals surface area contributed by atoms with Crippen molar-refractivity contribution in [2.75, 3.05) is 7.11 Å². The van der Waals surface area contributed by atoms with Crippen molar-refractivity contribution in [3.8, 4) is 16.9 Å². The molecule has 1 aliphatic rings. The Morgan fingerprint density at radius 2 is 2.14 bits per heavy atom. The highest BCUT2D eigenvalue weighted by Crippen LogP contribution is 2.41. The summed E-state index contributed by atoms with van der Waals surface area (Å²) >= 11 is 1.90. The van der Waals surface area contributed by atoms with Crippen molar-refractivity contribution >= 4 is 17.7 Å². The first kappa shape index (κ1) is 20.8. The zero-order chi connectivity index (χ0) is 20.1. The lowest BCUT2D eigenvalue weighted by molar-refractivity contribution is 0.0692. The Morgan fingerprint density at radius 1 is 1.32 bits per heavy atom. The van der Waals surface area contributed by atoms with E-state index < -0.39 is 5.97 Å². The number of methoxy groups -OCH3 is 1. The zero-order valence-corrected chi connectivity index (χ0v) is 17.8. The maximum atomic E-state index is 12.1. The second kappa shape index (κ2) is 9.55. The maximum absolute atomic E-state index is 12.1. The van der Waals surface area contributed by atoms with Crippen molar-refractivity contribution in [3.63, 3.8) is 0 Å². The second-order valence-electron chi connectivity index (χ2n) is 7.79. The first-order valence-corrected chi connectivity index (χ1v) is 11.2. The van der Waals surface area contributed by atoms with Crippen LogP contribution in [0.4, 0.5) is 0 Å². The molecule has 1 saturated carbocycles. The Bertz CT molecular complexity index is 784. The molecule has 1 heterocycles. The summed E-state index contributed by atoms with van der Waals surface area (Å²) in [6, 6.07) is 5.68. The van der Waals surface area contributed by atoms with Gasteiger partial charge in [0.05, 0.1) is 19.6 Å². The van der Waals surface area contributed by atoms with E-state index in [1.165, 1.54) is 39.2 Å². The molecule has 1 N–H and O–H groups in total. The number of hydrogen-bond donors (Lipinski definition) is 1. The third-order valence-electron chi connectivity index (χ3n) is 5.87. The van der Waals surface area contributed by atoms with Crippen LogP contribution in [0.1, 0.15) is 61.9 Å². The van der Waals surface area contributed by atoms with E-state index >= 15 is 0 Å². The van der Waals surface area contributed by atoms with Crippen LogP contribution in [0.2, 0.25) is 0 Å². The molecular weight excluding hydrogens is 372 g/mol. The molecular formula is C23H30O4S. The molecule has 1 aliphatic carbocycles. The van der Waals surface area contributed by atoms with Crippen molar-refractivity contribution in [3.05, 3.63) is 41.9 Å². The van der Waals surface area contributed by atoms with Gasteiger partial charge in [-0.2, -0.15) is 11.8 Å². The number of thioether (sulfide) groups is 1. The quantitative estimate of drug-likeness (QED) is 0.547. The van der Waals surface area contributed by atoms with Crippen LogP contribution < -0.4 is 4.74 Å². The average Bonchev–Trinajstić information content (AvgIpc) is 3.22. The predicted molar refractivity (Wildman–Crippen MR) is 114 cm³/mol. The molecule has 28 heavy (non-hydrogen) atoms. The molecule has 1 aromatic carbocycles. The highest BCUT2D eigenvalue weighted by atomic mass is 32.2. The van der Waals surface area contributed by atoms with Crippen molar-refractivity contribution < 1.29 is 19.1 Å². The number of benzene rings is 1. The van der Waals surface area contributed by atoms with Crippen LogP contribution in [0.25, 0.3) is 11.1 Å². The molecule has 3 rings (SSSR count). The van der Waals surface area contributed by atoms with E-state index in [2.05, 4.69) is 13.8 Å². The summed E-state index contributed by atoms with van der Waals surface area (Å²) in [4.78, 5) is 12.1. The van der Waals surface area contributed by atoms with Gasteiger partial charge in [-0.15, -0.1) is 0 Å². The number of carboxylic acid groups (broad SMARTS) is 1. The first-order chi connectivity index (χ1) is 13.5. The molecule has 4 nitrogen and oxygen atoms in total. The van der Waals surface area contributed by atoms with Gasteiger partial charge in [0.15, 0.2) is 0 Å². The van der Waals surface area contributed by atoms with Gasteiger partial charge in [0, 0.05) is 22.1 Å². The number of rotatable bonds is 8. The van der Waals surface area contributed by atoms with Gasteiger partial charge < -0.3 is 14.3 Å². The van der Waals surface area contributed by atoms with Gasteiger partial charge in [0.2, 0.25) is 0 Å². The van der Waals surface area contributed by atoms with E-state index in [0.29, 0.717) is 22.7 Å². The third-order valence-corrected chi connectivity index (χ3v) is 7.44. The molecule has 0 spiro atoms. The van der Waals surface area contributed by atoms with Gasteiger partial charge in [-0.1, -0.05) is 45.2 Å². The minimum absolute atomic E-state index is 0.266. The summed E-state index contributed by atoms with van der Waals surface area (Å²) in [6.45, 7) is 4.59. The van der Waals surface area contributed by atoms with E-state index in [9.17, 15) is 9.90 Å². The van der Waals surface area contributed by atoms with Gasteiger partial charge in [-0.25, -0.2) is 4.79 Å². The smallest absolute Gasteiger partial charge is 0.339 e. The monoisotopic (exact) mass is 402 g/mol. The molecule has 152 valence electrons. The summed E-state index contributed by atoms with van der Waals surface area (Å²) < 4.78 is 10.7. The van der Waals surface area contributed by atoms with Gasteiger partial charge in [0.1, 0.15) is 11.3 Å². The van der Waals surface area contributed by atoms with E-state index in [1.54, 1.807) is 12.5 Å². The van der Waals surface area contributed by atoms with E-state index in [0.717, 1.165) is 22.6 Å². The fourth-order valence-electron chi connectivity index (χ4n) is 4.30. The van der Waals surface area contributed by atoms with Gasteiger partial charge >= 0.3 is 5.97 Å². The number of carbonyl (C=O) groups is 1. The second-order valence-corrected chi connectivity index (χ2v) is 9.02. The minimum Gasteiger partial charge on any atom is -0.495 e. The van der Waals surface area contributed by atoms with Crippen molar-refractivity contribution in [1.29, 1.82) is 0 Å². The van der Waals surface area contributed by atoms with Crippen LogP contribution in [0, 0.1) is 11.8 Å². The Labute approximate surface area is 171 Å². The SMILES string of the molecule is CCCC1CCC(C)C(SCc2ccc(-c3ccoc3)c(OC)c2C(=O)O)C1. The lowest BCUT2D eigenvalue weighted by atomic mass is 9.80. The molecule has 0 amide bonds. The Kier molecular flexibility index (Phi) is 7.11. The maximum Gasteiger partial charge on any atom is 0.339 e. The number of ether oxygens (including phenoxy) is 1.